The number of para-hydroxylation sites is 1. The number of benzene rings is 2. The highest BCUT2D eigenvalue weighted by Gasteiger charge is 2.18. The van der Waals surface area contributed by atoms with Crippen molar-refractivity contribution in [3.63, 3.8) is 0 Å². The number of aromatic nitrogens is 2. The summed E-state index contributed by atoms with van der Waals surface area (Å²) in [4.78, 5) is 12.0. The van der Waals surface area contributed by atoms with Crippen molar-refractivity contribution in [2.45, 2.75) is 33.1 Å². The Kier molecular flexibility index (Phi) is 4.74. The van der Waals surface area contributed by atoms with E-state index in [1.807, 2.05) is 48.7 Å². The van der Waals surface area contributed by atoms with Crippen LogP contribution in [0.1, 0.15) is 30.9 Å². The summed E-state index contributed by atoms with van der Waals surface area (Å²) >= 11 is 0. The Balaban J connectivity index is 1.88. The molecule has 0 saturated carbocycles. The largest absolute Gasteiger partial charge is 0.507 e. The summed E-state index contributed by atoms with van der Waals surface area (Å²) < 4.78 is 7.19. The van der Waals surface area contributed by atoms with Crippen LogP contribution in [-0.2, 0) is 6.42 Å². The standard InChI is InChI=1S/C23H22N2O3/c1-3-4-8-16-13-21(26)28-23-15(2)22(27)19(14-18(16)23)20-11-12-25(24-20)17-9-6-5-7-10-17/h5-7,9-14,27H,3-4,8H2,1-2H3. The Hall–Kier alpha value is -3.34. The molecule has 28 heavy (non-hydrogen) atoms. The van der Waals surface area contributed by atoms with E-state index < -0.39 is 0 Å². The highest BCUT2D eigenvalue weighted by molar-refractivity contribution is 5.91. The summed E-state index contributed by atoms with van der Waals surface area (Å²) in [6, 6.07) is 15.1. The van der Waals surface area contributed by atoms with E-state index in [0.717, 1.165) is 35.9 Å². The first kappa shape index (κ1) is 18.0. The normalized spacial score (nSPS) is 11.2. The summed E-state index contributed by atoms with van der Waals surface area (Å²) in [7, 11) is 0. The third kappa shape index (κ3) is 3.20. The zero-order valence-electron chi connectivity index (χ0n) is 16.0. The molecule has 4 aromatic rings. The number of phenols is 1. The number of hydrogen-bond acceptors (Lipinski definition) is 4. The lowest BCUT2D eigenvalue weighted by molar-refractivity contribution is 0.470. The second-order valence-corrected chi connectivity index (χ2v) is 6.95. The van der Waals surface area contributed by atoms with Gasteiger partial charge in [0, 0.05) is 28.8 Å². The van der Waals surface area contributed by atoms with Crippen molar-refractivity contribution in [2.24, 2.45) is 0 Å². The molecule has 0 aliphatic carbocycles. The molecular weight excluding hydrogens is 352 g/mol. The average Bonchev–Trinajstić information content (AvgIpc) is 3.20. The number of phenolic OH excluding ortho intramolecular Hbond substituents is 1. The highest BCUT2D eigenvalue weighted by atomic mass is 16.4. The molecule has 1 N–H and O–H groups in total. The summed E-state index contributed by atoms with van der Waals surface area (Å²) in [6.45, 7) is 3.88. The van der Waals surface area contributed by atoms with Gasteiger partial charge in [-0.05, 0) is 49.6 Å². The molecule has 0 bridgehead atoms. The van der Waals surface area contributed by atoms with E-state index in [-0.39, 0.29) is 11.4 Å². The molecule has 0 spiro atoms. The fraction of sp³-hybridized carbons (Fsp3) is 0.217. The maximum absolute atomic E-state index is 12.0. The third-order valence-electron chi connectivity index (χ3n) is 5.01. The number of aromatic hydroxyl groups is 1. The van der Waals surface area contributed by atoms with Gasteiger partial charge in [0.15, 0.2) is 0 Å². The summed E-state index contributed by atoms with van der Waals surface area (Å²) in [5, 5.41) is 16.3. The van der Waals surface area contributed by atoms with Crippen LogP contribution in [0.15, 0.2) is 63.9 Å². The van der Waals surface area contributed by atoms with Crippen LogP contribution in [0.25, 0.3) is 27.9 Å². The molecule has 0 saturated heterocycles. The molecule has 2 aromatic heterocycles. The maximum atomic E-state index is 12.0. The Morgan fingerprint density at radius 1 is 1.14 bits per heavy atom. The number of nitrogens with zero attached hydrogens (tertiary/aromatic N) is 2. The topological polar surface area (TPSA) is 68.3 Å². The van der Waals surface area contributed by atoms with Crippen LogP contribution < -0.4 is 5.63 Å². The minimum absolute atomic E-state index is 0.0848. The Bertz CT molecular complexity index is 1190. The zero-order valence-corrected chi connectivity index (χ0v) is 16.0. The quantitative estimate of drug-likeness (QED) is 0.499. The number of hydrogen-bond donors (Lipinski definition) is 1. The fourth-order valence-corrected chi connectivity index (χ4v) is 3.47. The van der Waals surface area contributed by atoms with Gasteiger partial charge in [-0.1, -0.05) is 31.5 Å². The van der Waals surface area contributed by atoms with Crippen LogP contribution in [0.4, 0.5) is 0 Å². The first-order valence-electron chi connectivity index (χ1n) is 9.49. The molecule has 0 unspecified atom stereocenters. The van der Waals surface area contributed by atoms with Crippen molar-refractivity contribution in [3.8, 4) is 22.7 Å². The Labute approximate surface area is 162 Å². The molecule has 0 aliphatic heterocycles. The molecular formula is C23H22N2O3. The predicted molar refractivity (Wildman–Crippen MR) is 110 cm³/mol. The van der Waals surface area contributed by atoms with Gasteiger partial charge in [-0.15, -0.1) is 0 Å². The van der Waals surface area contributed by atoms with Crippen LogP contribution in [0.2, 0.25) is 0 Å². The maximum Gasteiger partial charge on any atom is 0.336 e. The number of fused-ring (bicyclic) bond motifs is 1. The molecule has 0 amide bonds. The van der Waals surface area contributed by atoms with E-state index in [0.29, 0.717) is 22.4 Å². The van der Waals surface area contributed by atoms with Gasteiger partial charge in [0.05, 0.1) is 11.4 Å². The lowest BCUT2D eigenvalue weighted by atomic mass is 9.98. The lowest BCUT2D eigenvalue weighted by Gasteiger charge is -2.11. The first-order valence-corrected chi connectivity index (χ1v) is 9.49. The van der Waals surface area contributed by atoms with Gasteiger partial charge < -0.3 is 9.52 Å². The van der Waals surface area contributed by atoms with Gasteiger partial charge in [-0.2, -0.15) is 5.10 Å². The molecule has 2 heterocycles. The molecule has 0 fully saturated rings. The molecule has 2 aromatic carbocycles. The van der Waals surface area contributed by atoms with Gasteiger partial charge in [-0.3, -0.25) is 0 Å². The van der Waals surface area contributed by atoms with Crippen LogP contribution in [-0.4, -0.2) is 14.9 Å². The third-order valence-corrected chi connectivity index (χ3v) is 5.01. The van der Waals surface area contributed by atoms with Crippen molar-refractivity contribution in [2.75, 3.05) is 0 Å². The minimum atomic E-state index is -0.387. The van der Waals surface area contributed by atoms with Gasteiger partial charge in [-0.25, -0.2) is 9.48 Å². The lowest BCUT2D eigenvalue weighted by Crippen LogP contribution is -2.02. The smallest absolute Gasteiger partial charge is 0.336 e. The second-order valence-electron chi connectivity index (χ2n) is 6.95. The zero-order chi connectivity index (χ0) is 19.7. The molecule has 5 nitrogen and oxygen atoms in total. The Morgan fingerprint density at radius 3 is 2.68 bits per heavy atom. The summed E-state index contributed by atoms with van der Waals surface area (Å²) in [6.07, 6.45) is 4.68. The van der Waals surface area contributed by atoms with Gasteiger partial charge >= 0.3 is 5.63 Å². The summed E-state index contributed by atoms with van der Waals surface area (Å²) in [5.74, 6) is 0.0848. The molecule has 5 heteroatoms. The van der Waals surface area contributed by atoms with Gasteiger partial charge in [0.2, 0.25) is 0 Å². The van der Waals surface area contributed by atoms with Crippen LogP contribution in [0.3, 0.4) is 0 Å². The van der Waals surface area contributed by atoms with Crippen LogP contribution in [0, 0.1) is 6.92 Å². The monoisotopic (exact) mass is 374 g/mol. The van der Waals surface area contributed by atoms with Crippen molar-refractivity contribution >= 4 is 11.0 Å². The molecule has 0 atom stereocenters. The fourth-order valence-electron chi connectivity index (χ4n) is 3.47. The van der Waals surface area contributed by atoms with Crippen molar-refractivity contribution in [1.82, 2.24) is 9.78 Å². The summed E-state index contributed by atoms with van der Waals surface area (Å²) in [5.41, 5.74) is 3.80. The van der Waals surface area contributed by atoms with Crippen molar-refractivity contribution in [3.05, 3.63) is 76.3 Å². The van der Waals surface area contributed by atoms with E-state index in [1.54, 1.807) is 17.7 Å². The van der Waals surface area contributed by atoms with Gasteiger partial charge in [0.1, 0.15) is 11.3 Å². The van der Waals surface area contributed by atoms with Crippen molar-refractivity contribution < 1.29 is 9.52 Å². The molecule has 142 valence electrons. The highest BCUT2D eigenvalue weighted by Crippen LogP contribution is 2.37. The number of unbranched alkanes of at least 4 members (excludes halogenated alkanes) is 1. The minimum Gasteiger partial charge on any atom is -0.507 e. The van der Waals surface area contributed by atoms with E-state index in [9.17, 15) is 9.90 Å². The average molecular weight is 374 g/mol. The molecule has 0 aliphatic rings. The van der Waals surface area contributed by atoms with Crippen LogP contribution >= 0.6 is 0 Å². The van der Waals surface area contributed by atoms with E-state index >= 15 is 0 Å². The molecule has 4 rings (SSSR count). The van der Waals surface area contributed by atoms with Crippen LogP contribution in [0.5, 0.6) is 5.75 Å². The number of aryl methyl sites for hydroxylation is 2. The van der Waals surface area contributed by atoms with E-state index in [4.69, 9.17) is 4.42 Å². The van der Waals surface area contributed by atoms with E-state index in [2.05, 4.69) is 12.0 Å². The predicted octanol–water partition coefficient (Wildman–Crippen LogP) is 5.00. The second kappa shape index (κ2) is 7.35. The molecule has 0 radical (unpaired) electrons. The van der Waals surface area contributed by atoms with Gasteiger partial charge in [0.25, 0.3) is 0 Å². The Morgan fingerprint density at radius 2 is 1.93 bits per heavy atom. The SMILES string of the molecule is CCCCc1cc(=O)oc2c(C)c(O)c(-c3ccn(-c4ccccc4)n3)cc12. The van der Waals surface area contributed by atoms with Crippen molar-refractivity contribution in [1.29, 1.82) is 0 Å². The first-order chi connectivity index (χ1) is 13.6. The van der Waals surface area contributed by atoms with E-state index in [1.165, 1.54) is 0 Å². The number of rotatable bonds is 5.